The highest BCUT2D eigenvalue weighted by Gasteiger charge is 2.63. The van der Waals surface area contributed by atoms with E-state index >= 15 is 0 Å². The van der Waals surface area contributed by atoms with Gasteiger partial charge in [0, 0.05) is 47.0 Å². The Bertz CT molecular complexity index is 1860. The molecule has 5 heteroatoms. The van der Waals surface area contributed by atoms with E-state index < -0.39 is 11.0 Å². The van der Waals surface area contributed by atoms with E-state index in [1.54, 1.807) is 6.07 Å². The van der Waals surface area contributed by atoms with E-state index in [9.17, 15) is 15.0 Å². The van der Waals surface area contributed by atoms with E-state index in [1.807, 2.05) is 30.3 Å². The van der Waals surface area contributed by atoms with Crippen molar-refractivity contribution in [1.82, 2.24) is 10.3 Å². The molecule has 1 heterocycles. The first kappa shape index (κ1) is 26.3. The molecule has 4 aromatic carbocycles. The topological polar surface area (TPSA) is 85.3 Å². The Kier molecular flexibility index (Phi) is 6.02. The molecule has 3 aliphatic carbocycles. The van der Waals surface area contributed by atoms with Crippen molar-refractivity contribution in [2.45, 2.75) is 56.0 Å². The van der Waals surface area contributed by atoms with Crippen LogP contribution in [0.2, 0.25) is 0 Å². The SMILES string of the molecule is O=C(NCCc1ccc(-c2ccccc2)cc1)c1ccc2c(c1O)[C@]13CCC[C@H](C2)[C@]1(O)Cc1c([nH]c2ccccc12)C3. The molecule has 3 aliphatic rings. The van der Waals surface area contributed by atoms with Crippen LogP contribution in [0.15, 0.2) is 91.0 Å². The molecule has 1 saturated carbocycles. The van der Waals surface area contributed by atoms with Crippen LogP contribution in [-0.2, 0) is 31.1 Å². The number of carbonyl (C=O) groups excluding carboxylic acids is 1. The van der Waals surface area contributed by atoms with Gasteiger partial charge in [-0.25, -0.2) is 0 Å². The third kappa shape index (κ3) is 3.98. The van der Waals surface area contributed by atoms with E-state index in [0.717, 1.165) is 53.6 Å². The number of phenolic OH excluding ortho intramolecular Hbond substituents is 1. The molecule has 1 aromatic heterocycles. The van der Waals surface area contributed by atoms with Gasteiger partial charge in [-0.1, -0.05) is 85.3 Å². The lowest BCUT2D eigenvalue weighted by molar-refractivity contribution is -0.128. The van der Waals surface area contributed by atoms with E-state index in [2.05, 4.69) is 64.9 Å². The summed E-state index contributed by atoms with van der Waals surface area (Å²) in [6.07, 6.45) is 5.38. The van der Waals surface area contributed by atoms with Crippen molar-refractivity contribution in [2.75, 3.05) is 6.54 Å². The van der Waals surface area contributed by atoms with Crippen LogP contribution in [0.1, 0.15) is 57.6 Å². The summed E-state index contributed by atoms with van der Waals surface area (Å²) in [6, 6.07) is 30.8. The highest BCUT2D eigenvalue weighted by Crippen LogP contribution is 2.62. The number of phenols is 1. The van der Waals surface area contributed by atoms with Crippen molar-refractivity contribution in [1.29, 1.82) is 0 Å². The van der Waals surface area contributed by atoms with E-state index in [-0.39, 0.29) is 17.6 Å². The van der Waals surface area contributed by atoms with Crippen LogP contribution in [0, 0.1) is 5.92 Å². The zero-order chi connectivity index (χ0) is 29.2. The van der Waals surface area contributed by atoms with Gasteiger partial charge in [-0.05, 0) is 71.6 Å². The summed E-state index contributed by atoms with van der Waals surface area (Å²) >= 11 is 0. The largest absolute Gasteiger partial charge is 0.507 e. The minimum atomic E-state index is -0.964. The maximum Gasteiger partial charge on any atom is 0.255 e. The van der Waals surface area contributed by atoms with Gasteiger partial charge in [0.25, 0.3) is 5.91 Å². The Hall–Kier alpha value is -4.35. The number of aromatic hydroxyl groups is 1. The Balaban J connectivity index is 1.07. The summed E-state index contributed by atoms with van der Waals surface area (Å²) < 4.78 is 0. The van der Waals surface area contributed by atoms with Gasteiger partial charge in [-0.2, -0.15) is 0 Å². The van der Waals surface area contributed by atoms with Crippen LogP contribution in [0.3, 0.4) is 0 Å². The van der Waals surface area contributed by atoms with Crippen LogP contribution in [0.4, 0.5) is 0 Å². The molecular weight excluding hydrogens is 532 g/mol. The zero-order valence-corrected chi connectivity index (χ0v) is 24.2. The molecule has 216 valence electrons. The molecule has 5 nitrogen and oxygen atoms in total. The van der Waals surface area contributed by atoms with Crippen molar-refractivity contribution in [3.8, 4) is 16.9 Å². The Morgan fingerprint density at radius 3 is 2.51 bits per heavy atom. The highest BCUT2D eigenvalue weighted by atomic mass is 16.3. The third-order valence-electron chi connectivity index (χ3n) is 10.7. The molecule has 1 fully saturated rings. The molecule has 0 aliphatic heterocycles. The second kappa shape index (κ2) is 9.85. The van der Waals surface area contributed by atoms with Crippen molar-refractivity contribution in [2.24, 2.45) is 5.92 Å². The van der Waals surface area contributed by atoms with E-state index in [4.69, 9.17) is 0 Å². The summed E-state index contributed by atoms with van der Waals surface area (Å²) in [5.74, 6) is -0.107. The number of rotatable bonds is 5. The average molecular weight is 569 g/mol. The maximum atomic E-state index is 13.5. The van der Waals surface area contributed by atoms with Crippen molar-refractivity contribution < 1.29 is 15.0 Å². The number of fused-ring (bicyclic) bond motifs is 4. The number of hydrogen-bond acceptors (Lipinski definition) is 3. The van der Waals surface area contributed by atoms with Gasteiger partial charge in [-0.3, -0.25) is 4.79 Å². The predicted octanol–water partition coefficient (Wildman–Crippen LogP) is 6.64. The summed E-state index contributed by atoms with van der Waals surface area (Å²) in [6.45, 7) is 0.468. The molecule has 5 aromatic rings. The fourth-order valence-corrected chi connectivity index (χ4v) is 8.63. The minimum absolute atomic E-state index is 0.0422. The number of carbonyl (C=O) groups is 1. The summed E-state index contributed by atoms with van der Waals surface area (Å²) in [4.78, 5) is 17.1. The Morgan fingerprint density at radius 1 is 0.907 bits per heavy atom. The lowest BCUT2D eigenvalue weighted by atomic mass is 9.46. The second-order valence-corrected chi connectivity index (χ2v) is 12.8. The number of H-pyrrole nitrogens is 1. The second-order valence-electron chi connectivity index (χ2n) is 12.8. The normalized spacial score (nSPS) is 23.7. The van der Waals surface area contributed by atoms with E-state index in [0.29, 0.717) is 31.4 Å². The number of amides is 1. The first-order valence-corrected chi connectivity index (χ1v) is 15.6. The molecule has 3 atom stereocenters. The molecule has 1 amide bonds. The van der Waals surface area contributed by atoms with Crippen LogP contribution in [0.5, 0.6) is 5.75 Å². The molecule has 0 unspecified atom stereocenters. The number of nitrogens with one attached hydrogen (secondary N) is 2. The van der Waals surface area contributed by atoms with Crippen LogP contribution in [0.25, 0.3) is 22.0 Å². The van der Waals surface area contributed by atoms with E-state index in [1.165, 1.54) is 22.1 Å². The monoisotopic (exact) mass is 568 g/mol. The first-order valence-electron chi connectivity index (χ1n) is 15.6. The predicted molar refractivity (Wildman–Crippen MR) is 169 cm³/mol. The van der Waals surface area contributed by atoms with Crippen LogP contribution in [-0.4, -0.2) is 33.3 Å². The lowest BCUT2D eigenvalue weighted by Gasteiger charge is -2.60. The van der Waals surface area contributed by atoms with Gasteiger partial charge in [0.2, 0.25) is 0 Å². The fraction of sp³-hybridized carbons (Fsp3) is 0.289. The number of benzene rings is 4. The minimum Gasteiger partial charge on any atom is -0.507 e. The number of aliphatic hydroxyl groups is 1. The van der Waals surface area contributed by atoms with Gasteiger partial charge in [0.05, 0.1) is 11.2 Å². The Morgan fingerprint density at radius 2 is 1.67 bits per heavy atom. The van der Waals surface area contributed by atoms with Gasteiger partial charge < -0.3 is 20.5 Å². The van der Waals surface area contributed by atoms with Gasteiger partial charge in [0.15, 0.2) is 0 Å². The van der Waals surface area contributed by atoms with Crippen LogP contribution >= 0.6 is 0 Å². The molecule has 8 rings (SSSR count). The average Bonchev–Trinajstić information content (AvgIpc) is 3.36. The number of para-hydroxylation sites is 1. The Labute approximate surface area is 251 Å². The molecule has 0 saturated heterocycles. The molecule has 43 heavy (non-hydrogen) atoms. The summed E-state index contributed by atoms with van der Waals surface area (Å²) in [5, 5.41) is 28.7. The lowest BCUT2D eigenvalue weighted by Crippen LogP contribution is -2.66. The molecule has 0 radical (unpaired) electrons. The third-order valence-corrected chi connectivity index (χ3v) is 10.7. The van der Waals surface area contributed by atoms with Gasteiger partial charge in [-0.15, -0.1) is 0 Å². The zero-order valence-electron chi connectivity index (χ0n) is 24.2. The number of aromatic nitrogens is 1. The molecule has 0 spiro atoms. The molecular formula is C38H36N2O3. The first-order chi connectivity index (χ1) is 21.0. The fourth-order valence-electron chi connectivity index (χ4n) is 8.63. The van der Waals surface area contributed by atoms with Gasteiger partial charge >= 0.3 is 0 Å². The summed E-state index contributed by atoms with van der Waals surface area (Å²) in [5.41, 5.74) is 7.49. The number of aromatic amines is 1. The number of hydrogen-bond donors (Lipinski definition) is 4. The van der Waals surface area contributed by atoms with Crippen molar-refractivity contribution >= 4 is 16.8 Å². The van der Waals surface area contributed by atoms with Gasteiger partial charge in [0.1, 0.15) is 5.75 Å². The maximum absolute atomic E-state index is 13.5. The van der Waals surface area contributed by atoms with Crippen LogP contribution < -0.4 is 5.32 Å². The van der Waals surface area contributed by atoms with Crippen molar-refractivity contribution in [3.63, 3.8) is 0 Å². The highest BCUT2D eigenvalue weighted by molar-refractivity contribution is 5.97. The smallest absolute Gasteiger partial charge is 0.255 e. The quantitative estimate of drug-likeness (QED) is 0.192. The summed E-state index contributed by atoms with van der Waals surface area (Å²) in [7, 11) is 0. The molecule has 2 bridgehead atoms. The standard InChI is InChI=1S/C38H36N2O3/c41-35-30(36(42)39-20-18-24-12-14-26(15-13-24)25-7-2-1-3-8-25)17-16-27-21-28-9-6-19-37(34(27)35)23-33-31(22-38(28,37)43)29-10-4-5-11-32(29)40-33/h1-5,7-8,10-17,28,40-41,43H,6,9,18-23H2,(H,39,42)/t28-,37-,38-/m1/s1. The van der Waals surface area contributed by atoms with Crippen molar-refractivity contribution in [3.05, 3.63) is 125 Å². The molecule has 4 N–H and O–H groups in total.